The number of ketones is 1. The van der Waals surface area contributed by atoms with Crippen LogP contribution in [0, 0.1) is 5.92 Å². The van der Waals surface area contributed by atoms with Crippen LogP contribution >= 0.6 is 0 Å². The zero-order valence-electron chi connectivity index (χ0n) is 19.1. The van der Waals surface area contributed by atoms with Crippen LogP contribution in [0.4, 0.5) is 0 Å². The fraction of sp³-hybridized carbons (Fsp3) is 0.393. The normalized spacial score (nSPS) is 18.1. The first-order valence-electron chi connectivity index (χ1n) is 11.2. The van der Waals surface area contributed by atoms with Gasteiger partial charge < -0.3 is 10.1 Å². The Kier molecular flexibility index (Phi) is 5.90. The van der Waals surface area contributed by atoms with E-state index in [2.05, 4.69) is 51.2 Å². The summed E-state index contributed by atoms with van der Waals surface area (Å²) in [7, 11) is 0. The molecule has 0 aromatic heterocycles. The summed E-state index contributed by atoms with van der Waals surface area (Å²) in [5, 5.41) is 5.98. The maximum atomic E-state index is 12.9. The summed E-state index contributed by atoms with van der Waals surface area (Å²) in [5.74, 6) is 1.53. The van der Waals surface area contributed by atoms with Crippen molar-refractivity contribution >= 4 is 16.6 Å². The molecular weight excluding hydrogens is 382 g/mol. The molecule has 3 heteroatoms. The van der Waals surface area contributed by atoms with Crippen LogP contribution in [0.3, 0.4) is 0 Å². The molecule has 0 bridgehead atoms. The minimum absolute atomic E-state index is 0.0650. The molecule has 1 heterocycles. The van der Waals surface area contributed by atoms with Crippen LogP contribution in [0.15, 0.2) is 66.7 Å². The van der Waals surface area contributed by atoms with Crippen molar-refractivity contribution in [3.05, 3.63) is 77.9 Å². The third-order valence-corrected chi connectivity index (χ3v) is 6.17. The lowest BCUT2D eigenvalue weighted by Crippen LogP contribution is -2.57. The molecule has 3 aromatic carbocycles. The largest absolute Gasteiger partial charge is 0.488 e. The van der Waals surface area contributed by atoms with Crippen molar-refractivity contribution in [2.45, 2.75) is 64.6 Å². The smallest absolute Gasteiger partial charge is 0.163 e. The fourth-order valence-electron chi connectivity index (χ4n) is 5.33. The molecule has 0 spiro atoms. The molecule has 1 fully saturated rings. The molecule has 162 valence electrons. The molecule has 1 N–H and O–H groups in total. The van der Waals surface area contributed by atoms with E-state index in [4.69, 9.17) is 4.74 Å². The fourth-order valence-corrected chi connectivity index (χ4v) is 5.33. The van der Waals surface area contributed by atoms with Gasteiger partial charge in [0.05, 0.1) is 0 Å². The van der Waals surface area contributed by atoms with Crippen LogP contribution in [0.5, 0.6) is 5.75 Å². The summed E-state index contributed by atoms with van der Waals surface area (Å²) in [6.07, 6.45) is 2.67. The molecule has 1 aliphatic rings. The van der Waals surface area contributed by atoms with Gasteiger partial charge in [-0.25, -0.2) is 0 Å². The number of hydrogen-bond donors (Lipinski definition) is 1. The summed E-state index contributed by atoms with van der Waals surface area (Å²) < 4.78 is 6.08. The maximum absolute atomic E-state index is 12.9. The lowest BCUT2D eigenvalue weighted by Gasteiger charge is -2.46. The second-order valence-corrected chi connectivity index (χ2v) is 10.3. The van der Waals surface area contributed by atoms with Crippen LogP contribution < -0.4 is 10.1 Å². The van der Waals surface area contributed by atoms with Crippen molar-refractivity contribution in [1.82, 2.24) is 5.32 Å². The molecule has 0 amide bonds. The number of nitrogens with one attached hydrogen (secondary N) is 1. The molecule has 3 nitrogen and oxygen atoms in total. The number of piperidine rings is 1. The quantitative estimate of drug-likeness (QED) is 0.464. The van der Waals surface area contributed by atoms with Gasteiger partial charge in [-0.15, -0.1) is 0 Å². The molecule has 0 radical (unpaired) electrons. The van der Waals surface area contributed by atoms with Crippen molar-refractivity contribution < 1.29 is 9.53 Å². The third-order valence-electron chi connectivity index (χ3n) is 6.17. The number of ether oxygens (including phenoxy) is 1. The lowest BCUT2D eigenvalue weighted by molar-refractivity contribution is 0.0864. The summed E-state index contributed by atoms with van der Waals surface area (Å²) in [6, 6.07) is 22.3. The van der Waals surface area contributed by atoms with E-state index in [1.54, 1.807) is 0 Å². The Bertz CT molecular complexity index is 1040. The van der Waals surface area contributed by atoms with E-state index in [9.17, 15) is 4.79 Å². The Labute approximate surface area is 185 Å². The minimum atomic E-state index is 0.0650. The number of rotatable bonds is 6. The van der Waals surface area contributed by atoms with Gasteiger partial charge in [-0.3, -0.25) is 4.79 Å². The highest BCUT2D eigenvalue weighted by atomic mass is 16.5. The van der Waals surface area contributed by atoms with E-state index in [1.165, 1.54) is 5.39 Å². The zero-order valence-corrected chi connectivity index (χ0v) is 19.1. The molecule has 1 aliphatic heterocycles. The van der Waals surface area contributed by atoms with Crippen molar-refractivity contribution in [3.8, 4) is 5.75 Å². The van der Waals surface area contributed by atoms with Gasteiger partial charge in [0, 0.05) is 28.4 Å². The van der Waals surface area contributed by atoms with Crippen LogP contribution in [-0.4, -0.2) is 16.9 Å². The number of benzene rings is 3. The Morgan fingerprint density at radius 1 is 0.903 bits per heavy atom. The number of fused-ring (bicyclic) bond motifs is 1. The third kappa shape index (κ3) is 5.34. The average Bonchev–Trinajstić information content (AvgIpc) is 2.70. The average molecular weight is 416 g/mol. The van der Waals surface area contributed by atoms with Gasteiger partial charge in [-0.05, 0) is 63.5 Å². The molecule has 31 heavy (non-hydrogen) atoms. The van der Waals surface area contributed by atoms with E-state index in [0.29, 0.717) is 18.9 Å². The predicted octanol–water partition coefficient (Wildman–Crippen LogP) is 6.55. The van der Waals surface area contributed by atoms with E-state index in [0.717, 1.165) is 35.1 Å². The van der Waals surface area contributed by atoms with Gasteiger partial charge in [0.2, 0.25) is 0 Å². The van der Waals surface area contributed by atoms with E-state index < -0.39 is 0 Å². The van der Waals surface area contributed by atoms with Gasteiger partial charge in [0.25, 0.3) is 0 Å². The predicted molar refractivity (Wildman–Crippen MR) is 128 cm³/mol. The number of Topliss-reactive ketones (excluding diaryl/α,β-unsaturated/α-hetero) is 1. The second-order valence-electron chi connectivity index (χ2n) is 10.3. The van der Waals surface area contributed by atoms with Crippen LogP contribution in [0.2, 0.25) is 0 Å². The zero-order chi connectivity index (χ0) is 22.1. The molecule has 0 atom stereocenters. The Balaban J connectivity index is 1.38. The Morgan fingerprint density at radius 2 is 1.55 bits per heavy atom. The first-order chi connectivity index (χ1) is 14.7. The molecule has 1 saturated heterocycles. The molecule has 0 saturated carbocycles. The Hall–Kier alpha value is -2.65. The summed E-state index contributed by atoms with van der Waals surface area (Å²) >= 11 is 0. The van der Waals surface area contributed by atoms with Crippen molar-refractivity contribution in [1.29, 1.82) is 0 Å². The molecule has 0 aliphatic carbocycles. The highest BCUT2D eigenvalue weighted by molar-refractivity contribution is 5.96. The van der Waals surface area contributed by atoms with Gasteiger partial charge in [0.1, 0.15) is 12.4 Å². The highest BCUT2D eigenvalue weighted by Gasteiger charge is 2.38. The second kappa shape index (κ2) is 8.47. The first kappa shape index (κ1) is 21.6. The van der Waals surface area contributed by atoms with Gasteiger partial charge in [0.15, 0.2) is 5.78 Å². The SMILES string of the molecule is CC1(C)CC(CC(=O)c2ccc(COc3cccc4ccccc34)cc2)CC(C)(C)N1. The maximum Gasteiger partial charge on any atom is 0.163 e. The monoisotopic (exact) mass is 415 g/mol. The van der Waals surface area contributed by atoms with E-state index in [-0.39, 0.29) is 16.9 Å². The van der Waals surface area contributed by atoms with Crippen molar-refractivity contribution in [2.75, 3.05) is 0 Å². The van der Waals surface area contributed by atoms with E-state index >= 15 is 0 Å². The molecule has 3 aromatic rings. The Morgan fingerprint density at radius 3 is 2.26 bits per heavy atom. The summed E-state index contributed by atoms with van der Waals surface area (Å²) in [5.41, 5.74) is 1.99. The minimum Gasteiger partial charge on any atom is -0.488 e. The molecule has 0 unspecified atom stereocenters. The van der Waals surface area contributed by atoms with Gasteiger partial charge >= 0.3 is 0 Å². The van der Waals surface area contributed by atoms with Crippen LogP contribution in [0.1, 0.15) is 62.9 Å². The highest BCUT2D eigenvalue weighted by Crippen LogP contribution is 2.35. The first-order valence-corrected chi connectivity index (χ1v) is 11.2. The number of carbonyl (C=O) groups excluding carboxylic acids is 1. The summed E-state index contributed by atoms with van der Waals surface area (Å²) in [4.78, 5) is 12.9. The summed E-state index contributed by atoms with van der Waals surface area (Å²) in [6.45, 7) is 9.41. The topological polar surface area (TPSA) is 38.3 Å². The van der Waals surface area contributed by atoms with Crippen molar-refractivity contribution in [2.24, 2.45) is 5.92 Å². The number of carbonyl (C=O) groups is 1. The van der Waals surface area contributed by atoms with E-state index in [1.807, 2.05) is 48.5 Å². The van der Waals surface area contributed by atoms with Gasteiger partial charge in [-0.2, -0.15) is 0 Å². The van der Waals surface area contributed by atoms with Gasteiger partial charge in [-0.1, -0.05) is 60.7 Å². The number of hydrogen-bond acceptors (Lipinski definition) is 3. The molecule has 4 rings (SSSR count). The molecular formula is C28H33NO2. The van der Waals surface area contributed by atoms with Crippen LogP contribution in [-0.2, 0) is 6.61 Å². The van der Waals surface area contributed by atoms with Crippen molar-refractivity contribution in [3.63, 3.8) is 0 Å². The standard InChI is InChI=1S/C28H33NO2/c1-27(2)17-21(18-28(3,4)29-27)16-25(30)23-14-12-20(13-15-23)19-31-26-11-7-9-22-8-5-6-10-24(22)26/h5-15,21,29H,16-19H2,1-4H3. The van der Waals surface area contributed by atoms with Crippen LogP contribution in [0.25, 0.3) is 10.8 Å². The lowest BCUT2D eigenvalue weighted by atomic mass is 9.74.